The number of halogens is 5. The topological polar surface area (TPSA) is 63.1 Å². The first kappa shape index (κ1) is 21.8. The quantitative estimate of drug-likeness (QED) is 0.439. The summed E-state index contributed by atoms with van der Waals surface area (Å²) >= 11 is 0. The Hall–Kier alpha value is -3.41. The van der Waals surface area contributed by atoms with Crippen LogP contribution in [0.3, 0.4) is 0 Å². The van der Waals surface area contributed by atoms with Crippen molar-refractivity contribution in [2.75, 3.05) is 16.8 Å². The van der Waals surface area contributed by atoms with Crippen molar-refractivity contribution in [2.45, 2.75) is 17.9 Å². The molecule has 32 heavy (non-hydrogen) atoms. The van der Waals surface area contributed by atoms with Crippen LogP contribution in [0.5, 0.6) is 0 Å². The van der Waals surface area contributed by atoms with Gasteiger partial charge in [0.2, 0.25) is 0 Å². The molecule has 3 aromatic rings. The molecular formula is C20H18F5N5OS. The Balaban J connectivity index is 1.74. The third-order valence-electron chi connectivity index (χ3n) is 5.02. The molecule has 1 N–H and O–H groups in total. The summed E-state index contributed by atoms with van der Waals surface area (Å²) in [5, 5.41) is 7.15. The predicted molar refractivity (Wildman–Crippen MR) is 114 cm³/mol. The number of nitrogens with one attached hydrogen (secondary N) is 1. The summed E-state index contributed by atoms with van der Waals surface area (Å²) in [6.45, 7) is 5.48. The van der Waals surface area contributed by atoms with Gasteiger partial charge in [-0.3, -0.25) is 9.48 Å². The number of rotatable bonds is 5. The van der Waals surface area contributed by atoms with Gasteiger partial charge in [0.05, 0.1) is 12.2 Å². The van der Waals surface area contributed by atoms with E-state index in [4.69, 9.17) is 0 Å². The standard InChI is InChI=1S/C20H18F5N5OS/c1-3-26-18-10-14(8-9-27-18)17-11-28-30-13(2)12-29(20(31)19(17)30)15-4-6-16(7-5-15)32(21,22,23,24)25/h3-11,13H,1,12H2,2H3,(H,26,27)/t13-/m0/s1. The van der Waals surface area contributed by atoms with Crippen molar-refractivity contribution in [3.8, 4) is 11.1 Å². The molecule has 1 aromatic carbocycles. The van der Waals surface area contributed by atoms with Crippen LogP contribution in [-0.2, 0) is 0 Å². The number of amides is 1. The van der Waals surface area contributed by atoms with Gasteiger partial charge < -0.3 is 10.2 Å². The first-order chi connectivity index (χ1) is 14.8. The normalized spacial score (nSPS) is 18.5. The zero-order chi connectivity index (χ0) is 23.4. The van der Waals surface area contributed by atoms with Crippen LogP contribution in [0.1, 0.15) is 23.5 Å². The summed E-state index contributed by atoms with van der Waals surface area (Å²) in [6.07, 6.45) is 4.51. The molecule has 1 aliphatic heterocycles. The number of hydrogen-bond donors (Lipinski definition) is 1. The molecular weight excluding hydrogens is 453 g/mol. The van der Waals surface area contributed by atoms with Crippen molar-refractivity contribution < 1.29 is 24.2 Å². The van der Waals surface area contributed by atoms with E-state index >= 15 is 0 Å². The zero-order valence-corrected chi connectivity index (χ0v) is 17.5. The first-order valence-electron chi connectivity index (χ1n) is 9.36. The van der Waals surface area contributed by atoms with Crippen LogP contribution >= 0.6 is 10.2 Å². The Morgan fingerprint density at radius 3 is 2.47 bits per heavy atom. The maximum atomic E-state index is 13.3. The van der Waals surface area contributed by atoms with Crippen molar-refractivity contribution in [3.05, 3.63) is 67.3 Å². The largest absolute Gasteiger partial charge is 0.347 e. The maximum Gasteiger partial charge on any atom is 0.310 e. The smallest absolute Gasteiger partial charge is 0.310 e. The van der Waals surface area contributed by atoms with E-state index in [0.29, 0.717) is 29.1 Å². The van der Waals surface area contributed by atoms with Crippen LogP contribution in [0.15, 0.2) is 66.5 Å². The third-order valence-corrected chi connectivity index (χ3v) is 6.19. The van der Waals surface area contributed by atoms with E-state index in [1.54, 1.807) is 25.3 Å². The number of fused-ring (bicyclic) bond motifs is 1. The molecule has 0 saturated heterocycles. The number of aromatic nitrogens is 3. The summed E-state index contributed by atoms with van der Waals surface area (Å²) in [5.74, 6) is -0.0112. The van der Waals surface area contributed by atoms with Crippen LogP contribution in [-0.4, -0.2) is 27.2 Å². The average Bonchev–Trinajstić information content (AvgIpc) is 3.16. The van der Waals surface area contributed by atoms with Gasteiger partial charge in [0.15, 0.2) is 0 Å². The molecule has 170 valence electrons. The maximum absolute atomic E-state index is 13.3. The van der Waals surface area contributed by atoms with E-state index in [9.17, 15) is 24.2 Å². The summed E-state index contributed by atoms with van der Waals surface area (Å²) in [5.41, 5.74) is 1.46. The highest BCUT2D eigenvalue weighted by molar-refractivity contribution is 8.45. The predicted octanol–water partition coefficient (Wildman–Crippen LogP) is 6.38. The molecule has 0 fully saturated rings. The van der Waals surface area contributed by atoms with Gasteiger partial charge in [0.1, 0.15) is 16.4 Å². The molecule has 4 rings (SSSR count). The molecule has 1 aliphatic rings. The minimum Gasteiger partial charge on any atom is -0.347 e. The minimum absolute atomic E-state index is 0.0783. The number of carbonyl (C=O) groups excluding carboxylic acids is 1. The fraction of sp³-hybridized carbons (Fsp3) is 0.150. The van der Waals surface area contributed by atoms with Crippen LogP contribution in [0.2, 0.25) is 0 Å². The highest BCUT2D eigenvalue weighted by Gasteiger charge is 2.65. The molecule has 12 heteroatoms. The van der Waals surface area contributed by atoms with E-state index in [0.717, 1.165) is 12.1 Å². The van der Waals surface area contributed by atoms with Crippen LogP contribution in [0.25, 0.3) is 11.1 Å². The highest BCUT2D eigenvalue weighted by atomic mass is 32.5. The van der Waals surface area contributed by atoms with E-state index in [1.165, 1.54) is 22.0 Å². The number of pyridine rings is 1. The van der Waals surface area contributed by atoms with E-state index in [-0.39, 0.29) is 24.0 Å². The van der Waals surface area contributed by atoms with Gasteiger partial charge in [-0.2, -0.15) is 5.10 Å². The second kappa shape index (κ2) is 6.55. The molecule has 6 nitrogen and oxygen atoms in total. The van der Waals surface area contributed by atoms with Gasteiger partial charge in [-0.25, -0.2) is 4.98 Å². The zero-order valence-electron chi connectivity index (χ0n) is 16.7. The minimum atomic E-state index is -9.80. The van der Waals surface area contributed by atoms with Gasteiger partial charge in [-0.15, -0.1) is 0 Å². The molecule has 0 aliphatic carbocycles. The highest BCUT2D eigenvalue weighted by Crippen LogP contribution is 3.02. The number of hydrogen-bond acceptors (Lipinski definition) is 4. The lowest BCUT2D eigenvalue weighted by molar-refractivity contribution is 0.0954. The van der Waals surface area contributed by atoms with Crippen molar-refractivity contribution in [2.24, 2.45) is 0 Å². The van der Waals surface area contributed by atoms with E-state index in [2.05, 4.69) is 22.0 Å². The monoisotopic (exact) mass is 471 g/mol. The molecule has 3 heterocycles. The fourth-order valence-corrected chi connectivity index (χ4v) is 4.21. The second-order valence-electron chi connectivity index (χ2n) is 7.36. The van der Waals surface area contributed by atoms with Crippen molar-refractivity contribution in [1.82, 2.24) is 14.8 Å². The van der Waals surface area contributed by atoms with Crippen molar-refractivity contribution in [3.63, 3.8) is 0 Å². The van der Waals surface area contributed by atoms with E-state index in [1.807, 2.05) is 0 Å². The van der Waals surface area contributed by atoms with Crippen molar-refractivity contribution in [1.29, 1.82) is 0 Å². The van der Waals surface area contributed by atoms with Crippen molar-refractivity contribution >= 4 is 27.6 Å². The Kier molecular flexibility index (Phi) is 4.46. The Bertz CT molecular complexity index is 1220. The average molecular weight is 471 g/mol. The van der Waals surface area contributed by atoms with Crippen LogP contribution in [0, 0.1) is 0 Å². The molecule has 0 unspecified atom stereocenters. The SMILES string of the molecule is C=CNc1cc(-c2cnn3c2C(=O)N(c2ccc(S(F)(F)(F)(F)F)cc2)C[C@@H]3C)ccn1. The van der Waals surface area contributed by atoms with Gasteiger partial charge in [-0.1, -0.05) is 26.0 Å². The third kappa shape index (κ3) is 3.93. The molecule has 1 atom stereocenters. The molecule has 0 bridgehead atoms. The summed E-state index contributed by atoms with van der Waals surface area (Å²) in [7, 11) is -9.80. The molecule has 0 spiro atoms. The molecule has 2 aromatic heterocycles. The lowest BCUT2D eigenvalue weighted by Gasteiger charge is -2.40. The lowest BCUT2D eigenvalue weighted by atomic mass is 10.0. The van der Waals surface area contributed by atoms with Crippen LogP contribution in [0.4, 0.5) is 30.9 Å². The van der Waals surface area contributed by atoms with Gasteiger partial charge in [0, 0.05) is 24.0 Å². The van der Waals surface area contributed by atoms with Gasteiger partial charge >= 0.3 is 10.2 Å². The molecule has 0 radical (unpaired) electrons. The number of benzene rings is 1. The Labute approximate surface area is 180 Å². The Morgan fingerprint density at radius 1 is 1.16 bits per heavy atom. The fourth-order valence-electron chi connectivity index (χ4n) is 3.56. The number of anilines is 2. The lowest BCUT2D eigenvalue weighted by Crippen LogP contribution is -2.42. The van der Waals surface area contributed by atoms with Gasteiger partial charge in [-0.05, 0) is 55.1 Å². The summed E-state index contributed by atoms with van der Waals surface area (Å²) < 4.78 is 66.7. The number of carbonyl (C=O) groups is 1. The van der Waals surface area contributed by atoms with Gasteiger partial charge in [0.25, 0.3) is 5.91 Å². The summed E-state index contributed by atoms with van der Waals surface area (Å²) in [6, 6.07) is 5.44. The number of nitrogens with zero attached hydrogens (tertiary/aromatic N) is 4. The van der Waals surface area contributed by atoms with E-state index < -0.39 is 21.0 Å². The Morgan fingerprint density at radius 2 is 1.84 bits per heavy atom. The molecule has 1 amide bonds. The first-order valence-corrected chi connectivity index (χ1v) is 11.3. The molecule has 0 saturated carbocycles. The summed E-state index contributed by atoms with van der Waals surface area (Å²) in [4.78, 5) is 16.7. The van der Waals surface area contributed by atoms with Crippen LogP contribution < -0.4 is 10.2 Å². The second-order valence-corrected chi connectivity index (χ2v) is 9.77.